The number of nitrogens with one attached hydrogen (secondary N) is 2. The minimum atomic E-state index is -1.95. The SMILES string of the molecule is CC(O)(CNC(=O)NC1CCCCC1(C)C)C(=O)O. The van der Waals surface area contributed by atoms with Crippen LogP contribution in [-0.2, 0) is 4.79 Å². The lowest BCUT2D eigenvalue weighted by atomic mass is 9.73. The lowest BCUT2D eigenvalue weighted by Crippen LogP contribution is -2.54. The minimum Gasteiger partial charge on any atom is -0.479 e. The fourth-order valence-corrected chi connectivity index (χ4v) is 2.30. The molecule has 1 rings (SSSR count). The quantitative estimate of drug-likeness (QED) is 0.615. The monoisotopic (exact) mass is 272 g/mol. The van der Waals surface area contributed by atoms with Crippen molar-refractivity contribution < 1.29 is 19.8 Å². The van der Waals surface area contributed by atoms with Gasteiger partial charge in [0.15, 0.2) is 5.60 Å². The number of rotatable bonds is 4. The van der Waals surface area contributed by atoms with Gasteiger partial charge in [-0.05, 0) is 25.2 Å². The molecule has 6 heteroatoms. The molecule has 0 saturated heterocycles. The molecule has 6 nitrogen and oxygen atoms in total. The third-order valence-corrected chi connectivity index (χ3v) is 3.87. The van der Waals surface area contributed by atoms with Gasteiger partial charge in [-0.1, -0.05) is 26.7 Å². The summed E-state index contributed by atoms with van der Waals surface area (Å²) in [5.41, 5.74) is -1.90. The highest BCUT2D eigenvalue weighted by molar-refractivity contribution is 5.79. The standard InChI is InChI=1S/C13H24N2O4/c1-12(2)7-5-4-6-9(12)15-11(18)14-8-13(3,19)10(16)17/h9,19H,4-8H2,1-3H3,(H,16,17)(H2,14,15,18). The number of carbonyl (C=O) groups is 2. The molecule has 0 spiro atoms. The third kappa shape index (κ3) is 4.38. The van der Waals surface area contributed by atoms with Gasteiger partial charge < -0.3 is 20.8 Å². The van der Waals surface area contributed by atoms with Crippen LogP contribution in [-0.4, -0.2) is 40.4 Å². The van der Waals surface area contributed by atoms with Crippen LogP contribution < -0.4 is 10.6 Å². The molecule has 1 aliphatic rings. The van der Waals surface area contributed by atoms with Gasteiger partial charge in [-0.2, -0.15) is 0 Å². The van der Waals surface area contributed by atoms with Crippen LogP contribution in [0.25, 0.3) is 0 Å². The van der Waals surface area contributed by atoms with E-state index in [0.717, 1.165) is 26.2 Å². The highest BCUT2D eigenvalue weighted by Crippen LogP contribution is 2.35. The van der Waals surface area contributed by atoms with E-state index in [1.165, 1.54) is 6.42 Å². The van der Waals surface area contributed by atoms with Crippen molar-refractivity contribution in [1.29, 1.82) is 0 Å². The smallest absolute Gasteiger partial charge is 0.337 e. The molecule has 0 bridgehead atoms. The summed E-state index contributed by atoms with van der Waals surface area (Å²) in [4.78, 5) is 22.4. The fraction of sp³-hybridized carbons (Fsp3) is 0.846. The van der Waals surface area contributed by atoms with Gasteiger partial charge in [-0.25, -0.2) is 9.59 Å². The first-order chi connectivity index (χ1) is 8.65. The Kier molecular flexibility index (Phi) is 4.79. The number of hydrogen-bond donors (Lipinski definition) is 4. The Balaban J connectivity index is 2.45. The molecule has 0 aromatic rings. The molecule has 0 aromatic carbocycles. The first-order valence-electron chi connectivity index (χ1n) is 6.65. The molecule has 1 aliphatic carbocycles. The van der Waals surface area contributed by atoms with Crippen LogP contribution in [0.4, 0.5) is 4.79 Å². The molecule has 1 fully saturated rings. The second-order valence-corrected chi connectivity index (χ2v) is 6.19. The van der Waals surface area contributed by atoms with E-state index < -0.39 is 17.6 Å². The van der Waals surface area contributed by atoms with E-state index in [1.807, 2.05) is 0 Å². The zero-order valence-corrected chi connectivity index (χ0v) is 11.8. The molecule has 0 radical (unpaired) electrons. The molecule has 19 heavy (non-hydrogen) atoms. The summed E-state index contributed by atoms with van der Waals surface area (Å²) in [6.45, 7) is 5.07. The van der Waals surface area contributed by atoms with Gasteiger partial charge in [0.25, 0.3) is 0 Å². The van der Waals surface area contributed by atoms with Gasteiger partial charge in [0.1, 0.15) is 0 Å². The number of carboxylic acid groups (broad SMARTS) is 1. The Morgan fingerprint density at radius 2 is 2.00 bits per heavy atom. The number of carbonyl (C=O) groups excluding carboxylic acids is 1. The lowest BCUT2D eigenvalue weighted by Gasteiger charge is -2.39. The summed E-state index contributed by atoms with van der Waals surface area (Å²) in [5, 5.41) is 23.5. The molecule has 0 aromatic heterocycles. The van der Waals surface area contributed by atoms with Crippen molar-refractivity contribution >= 4 is 12.0 Å². The van der Waals surface area contributed by atoms with Crippen LogP contribution in [0.15, 0.2) is 0 Å². The van der Waals surface area contributed by atoms with Gasteiger partial charge in [-0.3, -0.25) is 0 Å². The van der Waals surface area contributed by atoms with E-state index in [-0.39, 0.29) is 18.0 Å². The summed E-state index contributed by atoms with van der Waals surface area (Å²) < 4.78 is 0. The summed E-state index contributed by atoms with van der Waals surface area (Å²) in [6.07, 6.45) is 4.24. The van der Waals surface area contributed by atoms with E-state index in [1.54, 1.807) is 0 Å². The number of aliphatic hydroxyl groups is 1. The number of amides is 2. The second-order valence-electron chi connectivity index (χ2n) is 6.19. The van der Waals surface area contributed by atoms with Crippen LogP contribution in [0.3, 0.4) is 0 Å². The Morgan fingerprint density at radius 3 is 2.53 bits per heavy atom. The number of aliphatic carboxylic acids is 1. The minimum absolute atomic E-state index is 0.0465. The first-order valence-corrected chi connectivity index (χ1v) is 6.65. The molecule has 110 valence electrons. The average molecular weight is 272 g/mol. The fourth-order valence-electron chi connectivity index (χ4n) is 2.30. The van der Waals surface area contributed by atoms with Crippen LogP contribution in [0.2, 0.25) is 0 Å². The molecular weight excluding hydrogens is 248 g/mol. The molecule has 2 unspecified atom stereocenters. The number of urea groups is 1. The van der Waals surface area contributed by atoms with Crippen LogP contribution >= 0.6 is 0 Å². The van der Waals surface area contributed by atoms with Crippen molar-refractivity contribution in [2.24, 2.45) is 5.41 Å². The van der Waals surface area contributed by atoms with E-state index >= 15 is 0 Å². The Hall–Kier alpha value is -1.30. The van der Waals surface area contributed by atoms with Gasteiger partial charge in [0, 0.05) is 6.04 Å². The normalized spacial score (nSPS) is 25.2. The maximum absolute atomic E-state index is 11.7. The number of hydrogen-bond acceptors (Lipinski definition) is 3. The highest BCUT2D eigenvalue weighted by atomic mass is 16.4. The zero-order chi connectivity index (χ0) is 14.7. The maximum Gasteiger partial charge on any atom is 0.337 e. The summed E-state index contributed by atoms with van der Waals surface area (Å²) in [6, 6.07) is -0.350. The predicted octanol–water partition coefficient (Wildman–Crippen LogP) is 1.09. The third-order valence-electron chi connectivity index (χ3n) is 3.87. The van der Waals surface area contributed by atoms with Crippen LogP contribution in [0, 0.1) is 5.41 Å². The van der Waals surface area contributed by atoms with E-state index in [9.17, 15) is 14.7 Å². The second kappa shape index (κ2) is 5.77. The average Bonchev–Trinajstić information content (AvgIpc) is 2.29. The zero-order valence-electron chi connectivity index (χ0n) is 11.8. The predicted molar refractivity (Wildman–Crippen MR) is 70.8 cm³/mol. The van der Waals surface area contributed by atoms with E-state index in [0.29, 0.717) is 0 Å². The van der Waals surface area contributed by atoms with Gasteiger partial charge in [0.2, 0.25) is 0 Å². The molecule has 0 aliphatic heterocycles. The van der Waals surface area contributed by atoms with Crippen molar-refractivity contribution in [2.45, 2.75) is 58.1 Å². The molecule has 4 N–H and O–H groups in total. The van der Waals surface area contributed by atoms with Gasteiger partial charge in [0.05, 0.1) is 6.54 Å². The Bertz CT molecular complexity index is 353. The van der Waals surface area contributed by atoms with Crippen molar-refractivity contribution in [2.75, 3.05) is 6.54 Å². The summed E-state index contributed by atoms with van der Waals surface area (Å²) >= 11 is 0. The number of carboxylic acids is 1. The van der Waals surface area contributed by atoms with Gasteiger partial charge >= 0.3 is 12.0 Å². The van der Waals surface area contributed by atoms with Crippen molar-refractivity contribution in [1.82, 2.24) is 10.6 Å². The van der Waals surface area contributed by atoms with E-state index in [4.69, 9.17) is 5.11 Å². The molecule has 2 atom stereocenters. The van der Waals surface area contributed by atoms with E-state index in [2.05, 4.69) is 24.5 Å². The van der Waals surface area contributed by atoms with Gasteiger partial charge in [-0.15, -0.1) is 0 Å². The highest BCUT2D eigenvalue weighted by Gasteiger charge is 2.34. The Labute approximate surface area is 113 Å². The van der Waals surface area contributed by atoms with Crippen LogP contribution in [0.5, 0.6) is 0 Å². The molecule has 2 amide bonds. The van der Waals surface area contributed by atoms with Crippen molar-refractivity contribution in [3.05, 3.63) is 0 Å². The summed E-state index contributed by atoms with van der Waals surface area (Å²) in [7, 11) is 0. The first kappa shape index (κ1) is 15.8. The maximum atomic E-state index is 11.7. The van der Waals surface area contributed by atoms with Crippen molar-refractivity contribution in [3.8, 4) is 0 Å². The lowest BCUT2D eigenvalue weighted by molar-refractivity contribution is -0.155. The molecular formula is C13H24N2O4. The van der Waals surface area contributed by atoms with Crippen molar-refractivity contribution in [3.63, 3.8) is 0 Å². The topological polar surface area (TPSA) is 98.7 Å². The molecule has 1 saturated carbocycles. The summed E-state index contributed by atoms with van der Waals surface area (Å²) in [5.74, 6) is -1.36. The molecule has 0 heterocycles. The Morgan fingerprint density at radius 1 is 1.37 bits per heavy atom. The van der Waals surface area contributed by atoms with Crippen LogP contribution in [0.1, 0.15) is 46.5 Å². The largest absolute Gasteiger partial charge is 0.479 e.